The molecule has 7 nitrogen and oxygen atoms in total. The number of thioether (sulfide) groups is 1. The zero-order valence-electron chi connectivity index (χ0n) is 15.0. The highest BCUT2D eigenvalue weighted by molar-refractivity contribution is 7.99. The minimum absolute atomic E-state index is 0.0225. The van der Waals surface area contributed by atoms with Crippen molar-refractivity contribution in [2.24, 2.45) is 0 Å². The Balaban J connectivity index is 1.60. The highest BCUT2D eigenvalue weighted by atomic mass is 32.2. The summed E-state index contributed by atoms with van der Waals surface area (Å²) < 4.78 is 47.3. The lowest BCUT2D eigenvalue weighted by molar-refractivity contribution is -0.274. The summed E-state index contributed by atoms with van der Waals surface area (Å²) in [6.45, 7) is 0. The Kier molecular flexibility index (Phi) is 6.27. The minimum atomic E-state index is -4.77. The van der Waals surface area contributed by atoms with Crippen molar-refractivity contribution in [2.45, 2.75) is 11.5 Å². The van der Waals surface area contributed by atoms with Gasteiger partial charge < -0.3 is 14.8 Å². The summed E-state index contributed by atoms with van der Waals surface area (Å²) in [6, 6.07) is 12.2. The predicted molar refractivity (Wildman–Crippen MR) is 100 cm³/mol. The highest BCUT2D eigenvalue weighted by Crippen LogP contribution is 2.27. The van der Waals surface area contributed by atoms with Crippen molar-refractivity contribution in [1.29, 1.82) is 0 Å². The first-order valence-corrected chi connectivity index (χ1v) is 9.16. The molecular formula is C18H15F3N4O3S. The number of carbonyl (C=O) groups is 1. The Bertz CT molecular complexity index is 977. The number of nitrogens with zero attached hydrogens (tertiary/aromatic N) is 3. The molecule has 1 N–H and O–H groups in total. The maximum absolute atomic E-state index is 12.2. The summed E-state index contributed by atoms with van der Waals surface area (Å²) >= 11 is 1.15. The number of benzene rings is 2. The van der Waals surface area contributed by atoms with Gasteiger partial charge in [-0.3, -0.25) is 9.36 Å². The number of hydrogen-bond acceptors (Lipinski definition) is 6. The second-order valence-electron chi connectivity index (χ2n) is 5.56. The summed E-state index contributed by atoms with van der Waals surface area (Å²) in [7, 11) is 1.55. The van der Waals surface area contributed by atoms with E-state index in [0.717, 1.165) is 29.6 Å². The van der Waals surface area contributed by atoms with E-state index in [1.807, 2.05) is 18.2 Å². The van der Waals surface area contributed by atoms with E-state index in [4.69, 9.17) is 4.74 Å². The number of carbonyl (C=O) groups excluding carboxylic acids is 1. The van der Waals surface area contributed by atoms with Gasteiger partial charge in [0.25, 0.3) is 0 Å². The molecule has 0 atom stereocenters. The van der Waals surface area contributed by atoms with Crippen LogP contribution < -0.4 is 14.8 Å². The molecule has 0 saturated carbocycles. The zero-order valence-corrected chi connectivity index (χ0v) is 15.8. The van der Waals surface area contributed by atoms with Gasteiger partial charge in [-0.2, -0.15) is 0 Å². The van der Waals surface area contributed by atoms with Crippen LogP contribution in [0.3, 0.4) is 0 Å². The van der Waals surface area contributed by atoms with Gasteiger partial charge in [0, 0.05) is 5.69 Å². The van der Waals surface area contributed by atoms with E-state index < -0.39 is 6.36 Å². The largest absolute Gasteiger partial charge is 0.573 e. The van der Waals surface area contributed by atoms with Gasteiger partial charge in [-0.15, -0.1) is 23.4 Å². The van der Waals surface area contributed by atoms with Crippen molar-refractivity contribution < 1.29 is 27.4 Å². The van der Waals surface area contributed by atoms with E-state index in [-0.39, 0.29) is 17.4 Å². The van der Waals surface area contributed by atoms with Gasteiger partial charge in [-0.05, 0) is 36.4 Å². The highest BCUT2D eigenvalue weighted by Gasteiger charge is 2.30. The molecule has 0 radical (unpaired) electrons. The maximum Gasteiger partial charge on any atom is 0.573 e. The Morgan fingerprint density at radius 2 is 1.90 bits per heavy atom. The third-order valence-corrected chi connectivity index (χ3v) is 4.51. The summed E-state index contributed by atoms with van der Waals surface area (Å²) in [6.07, 6.45) is -3.25. The van der Waals surface area contributed by atoms with E-state index in [0.29, 0.717) is 16.6 Å². The topological polar surface area (TPSA) is 78.3 Å². The molecule has 11 heteroatoms. The third-order valence-electron chi connectivity index (χ3n) is 3.57. The fourth-order valence-corrected chi connectivity index (χ4v) is 3.11. The number of amides is 1. The third kappa shape index (κ3) is 5.64. The molecule has 0 unspecified atom stereocenters. The van der Waals surface area contributed by atoms with Crippen molar-refractivity contribution in [2.75, 3.05) is 18.2 Å². The van der Waals surface area contributed by atoms with E-state index in [1.54, 1.807) is 17.7 Å². The van der Waals surface area contributed by atoms with Crippen LogP contribution in [0.15, 0.2) is 60.0 Å². The Labute approximate surface area is 167 Å². The second-order valence-corrected chi connectivity index (χ2v) is 6.51. The quantitative estimate of drug-likeness (QED) is 0.580. The van der Waals surface area contributed by atoms with E-state index in [9.17, 15) is 18.0 Å². The molecule has 152 valence electrons. The van der Waals surface area contributed by atoms with Gasteiger partial charge in [-0.1, -0.05) is 23.9 Å². The minimum Gasteiger partial charge on any atom is -0.495 e. The number of para-hydroxylation sites is 2. The van der Waals surface area contributed by atoms with Crippen molar-refractivity contribution in [3.8, 4) is 17.2 Å². The maximum atomic E-state index is 12.2. The van der Waals surface area contributed by atoms with Gasteiger partial charge in [0.05, 0.1) is 18.6 Å². The fraction of sp³-hybridized carbons (Fsp3) is 0.167. The molecule has 1 aromatic heterocycles. The lowest BCUT2D eigenvalue weighted by Gasteiger charge is -2.11. The van der Waals surface area contributed by atoms with Crippen LogP contribution in [0, 0.1) is 0 Å². The first-order valence-electron chi connectivity index (χ1n) is 8.17. The normalized spacial score (nSPS) is 11.2. The van der Waals surface area contributed by atoms with Crippen LogP contribution >= 0.6 is 11.8 Å². The molecular weight excluding hydrogens is 409 g/mol. The number of rotatable bonds is 7. The van der Waals surface area contributed by atoms with E-state index in [2.05, 4.69) is 20.3 Å². The Hall–Kier alpha value is -3.21. The van der Waals surface area contributed by atoms with Crippen molar-refractivity contribution >= 4 is 23.4 Å². The number of nitrogens with one attached hydrogen (secondary N) is 1. The number of methoxy groups -OCH3 is 1. The molecule has 1 heterocycles. The monoisotopic (exact) mass is 424 g/mol. The molecule has 2 aromatic carbocycles. The van der Waals surface area contributed by atoms with Crippen LogP contribution in [0.4, 0.5) is 18.9 Å². The smallest absolute Gasteiger partial charge is 0.495 e. The molecule has 0 fully saturated rings. The summed E-state index contributed by atoms with van der Waals surface area (Å²) in [5.74, 6) is -0.0714. The van der Waals surface area contributed by atoms with E-state index in [1.165, 1.54) is 18.5 Å². The number of alkyl halides is 3. The molecule has 0 bridgehead atoms. The number of hydrogen-bond donors (Lipinski definition) is 1. The molecule has 0 aliphatic rings. The average Bonchev–Trinajstić information content (AvgIpc) is 3.15. The number of halogens is 3. The zero-order chi connectivity index (χ0) is 20.9. The van der Waals surface area contributed by atoms with Crippen molar-refractivity contribution in [1.82, 2.24) is 14.8 Å². The van der Waals surface area contributed by atoms with Gasteiger partial charge in [0.15, 0.2) is 5.16 Å². The fourth-order valence-electron chi connectivity index (χ4n) is 2.38. The van der Waals surface area contributed by atoms with Crippen LogP contribution in [0.25, 0.3) is 5.69 Å². The second kappa shape index (κ2) is 8.86. The van der Waals surface area contributed by atoms with Crippen LogP contribution in [0.5, 0.6) is 11.5 Å². The number of anilines is 1. The first kappa shape index (κ1) is 20.5. The molecule has 0 saturated heterocycles. The molecule has 0 spiro atoms. The van der Waals surface area contributed by atoms with Crippen molar-refractivity contribution in [3.05, 3.63) is 54.9 Å². The summed E-state index contributed by atoms with van der Waals surface area (Å²) in [5.41, 5.74) is 1.07. The molecule has 0 aliphatic carbocycles. The van der Waals surface area contributed by atoms with Crippen LogP contribution in [-0.2, 0) is 4.79 Å². The molecule has 3 aromatic rings. The average molecular weight is 424 g/mol. The SMILES string of the molecule is COc1ccccc1-n1cnnc1SCC(=O)Nc1ccc(OC(F)(F)F)cc1. The Morgan fingerprint density at radius 3 is 2.59 bits per heavy atom. The molecule has 1 amide bonds. The van der Waals surface area contributed by atoms with Gasteiger partial charge in [-0.25, -0.2) is 0 Å². The number of aromatic nitrogens is 3. The lowest BCUT2D eigenvalue weighted by atomic mass is 10.3. The van der Waals surface area contributed by atoms with Crippen molar-refractivity contribution in [3.63, 3.8) is 0 Å². The number of ether oxygens (including phenoxy) is 2. The van der Waals surface area contributed by atoms with Gasteiger partial charge in [0.1, 0.15) is 17.8 Å². The van der Waals surface area contributed by atoms with Crippen LogP contribution in [-0.4, -0.2) is 39.9 Å². The van der Waals surface area contributed by atoms with Crippen LogP contribution in [0.1, 0.15) is 0 Å². The lowest BCUT2D eigenvalue weighted by Crippen LogP contribution is -2.17. The van der Waals surface area contributed by atoms with Crippen LogP contribution in [0.2, 0.25) is 0 Å². The van der Waals surface area contributed by atoms with Gasteiger partial charge >= 0.3 is 6.36 Å². The van der Waals surface area contributed by atoms with Gasteiger partial charge in [0.2, 0.25) is 5.91 Å². The standard InChI is InChI=1S/C18H15F3N4O3S/c1-27-15-5-3-2-4-14(15)25-11-22-24-17(25)29-10-16(26)23-12-6-8-13(9-7-12)28-18(19,20)21/h2-9,11H,10H2,1H3,(H,23,26). The van der Waals surface area contributed by atoms with E-state index >= 15 is 0 Å². The Morgan fingerprint density at radius 1 is 1.17 bits per heavy atom. The molecule has 29 heavy (non-hydrogen) atoms. The summed E-state index contributed by atoms with van der Waals surface area (Å²) in [5, 5.41) is 11.0. The predicted octanol–water partition coefficient (Wildman–Crippen LogP) is 3.91. The molecule has 0 aliphatic heterocycles. The molecule has 3 rings (SSSR count). The first-order chi connectivity index (χ1) is 13.9. The summed E-state index contributed by atoms with van der Waals surface area (Å²) in [4.78, 5) is 12.2.